The van der Waals surface area contributed by atoms with Crippen LogP contribution in [0.25, 0.3) is 89.7 Å². The number of hydrogen-bond acceptors (Lipinski definition) is 8. The van der Waals surface area contributed by atoms with Crippen molar-refractivity contribution in [3.05, 3.63) is 91.0 Å². The number of fused-ring (bicyclic) bond motifs is 20. The van der Waals surface area contributed by atoms with Crippen LogP contribution in [0.5, 0.6) is 0 Å². The van der Waals surface area contributed by atoms with Gasteiger partial charge in [-0.25, -0.2) is 29.9 Å². The molecule has 9 rings (SSSR count). The van der Waals surface area contributed by atoms with Gasteiger partial charge in [0.1, 0.15) is 27.5 Å². The molecule has 221 valence electrons. The number of nitrogens with zero attached hydrogens (tertiary/aromatic N) is 6. The number of rotatable bonds is 1. The summed E-state index contributed by atoms with van der Waals surface area (Å²) in [7, 11) is -4.62. The minimum Gasteiger partial charge on any atom is -0.324 e. The third-order valence-corrected chi connectivity index (χ3v) is 8.72. The molecule has 0 atom stereocenters. The van der Waals surface area contributed by atoms with E-state index in [0.717, 1.165) is 33.0 Å². The summed E-state index contributed by atoms with van der Waals surface area (Å²) in [5.41, 5.74) is 4.68. The maximum absolute atomic E-state index is 12.5. The molecule has 7 aromatic rings. The van der Waals surface area contributed by atoms with Crippen molar-refractivity contribution in [1.29, 1.82) is 0 Å². The molecule has 0 saturated carbocycles. The Balaban J connectivity index is 0.00000300. The average Bonchev–Trinajstić information content (AvgIpc) is 3.76. The van der Waals surface area contributed by atoms with Crippen LogP contribution in [0, 0.1) is 0 Å². The van der Waals surface area contributed by atoms with E-state index >= 15 is 0 Å². The zero-order valence-electron chi connectivity index (χ0n) is 22.8. The summed E-state index contributed by atoms with van der Waals surface area (Å²) in [5.74, 6) is 1.60. The fourth-order valence-electron chi connectivity index (χ4n) is 5.87. The van der Waals surface area contributed by atoms with Crippen molar-refractivity contribution >= 4 is 54.3 Å². The molecule has 4 aromatic carbocycles. The first-order valence-corrected chi connectivity index (χ1v) is 15.1. The van der Waals surface area contributed by atoms with Gasteiger partial charge in [-0.05, 0) is 6.07 Å². The smallest absolute Gasteiger partial charge is 0.295 e. The molecule has 2 aliphatic rings. The Labute approximate surface area is 264 Å². The number of H-pyrrole nitrogens is 2. The molecule has 0 unspecified atom stereocenters. The molecular weight excluding hydrogens is 640 g/mol. The second-order valence-corrected chi connectivity index (χ2v) is 11.8. The number of benzene rings is 4. The van der Waals surface area contributed by atoms with Crippen LogP contribution in [0.15, 0.2) is 95.9 Å². The van der Waals surface area contributed by atoms with Crippen LogP contribution in [0.1, 0.15) is 0 Å². The maximum Gasteiger partial charge on any atom is 0.295 e. The van der Waals surface area contributed by atoms with Crippen LogP contribution in [-0.4, -0.2) is 52.8 Å². The summed E-state index contributed by atoms with van der Waals surface area (Å²) in [6, 6.07) is 27.6. The molecule has 8 bridgehead atoms. The molecule has 0 spiro atoms. The Kier molecular flexibility index (Phi) is 5.96. The summed E-state index contributed by atoms with van der Waals surface area (Å²) in [5, 5.41) is 2.36. The molecule has 0 saturated heterocycles. The number of nitrogens with one attached hydrogen (secondary N) is 2. The van der Waals surface area contributed by atoms with Crippen molar-refractivity contribution < 1.29 is 30.0 Å². The van der Waals surface area contributed by atoms with Crippen molar-refractivity contribution in [3.8, 4) is 45.6 Å². The first-order chi connectivity index (χ1) is 21.4. The quantitative estimate of drug-likeness (QED) is 0.139. The van der Waals surface area contributed by atoms with Gasteiger partial charge in [0.25, 0.3) is 10.1 Å². The van der Waals surface area contributed by atoms with Gasteiger partial charge < -0.3 is 9.97 Å². The van der Waals surface area contributed by atoms with E-state index in [0.29, 0.717) is 45.6 Å². The zero-order chi connectivity index (χ0) is 29.6. The maximum atomic E-state index is 12.5. The molecule has 1 radical (unpaired) electrons. The number of aromatic nitrogens is 8. The third-order valence-electron chi connectivity index (χ3n) is 7.82. The Bertz CT molecular complexity index is 2660. The second kappa shape index (κ2) is 9.84. The van der Waals surface area contributed by atoms with Crippen LogP contribution >= 0.6 is 0 Å². The van der Waals surface area contributed by atoms with Gasteiger partial charge in [-0.15, -0.1) is 0 Å². The fraction of sp³-hybridized carbons (Fsp3) is 0. The first kappa shape index (κ1) is 27.2. The van der Waals surface area contributed by atoms with Gasteiger partial charge in [-0.1, -0.05) is 84.9 Å². The van der Waals surface area contributed by atoms with Gasteiger partial charge in [-0.2, -0.15) is 8.42 Å². The van der Waals surface area contributed by atoms with Crippen LogP contribution < -0.4 is 0 Å². The predicted molar refractivity (Wildman–Crippen MR) is 166 cm³/mol. The van der Waals surface area contributed by atoms with Gasteiger partial charge >= 0.3 is 0 Å². The number of hydrogen-bond donors (Lipinski definition) is 3. The molecular formula is C32H18CuN8O3S. The fourth-order valence-corrected chi connectivity index (χ4v) is 6.59. The molecule has 0 amide bonds. The van der Waals surface area contributed by atoms with Crippen LogP contribution in [0.3, 0.4) is 0 Å². The molecule has 0 fully saturated rings. The Morgan fingerprint density at radius 1 is 0.467 bits per heavy atom. The zero-order valence-corrected chi connectivity index (χ0v) is 24.6. The SMILES string of the molecule is O=S(=O)(O)c1cccc2c3nc4nc(nc5[nH]c(nc6nc(nc([nH]3)c12)-c1ccccc1-6)c1ccccc51)-c1ccccc1-4.[Cu]. The van der Waals surface area contributed by atoms with Gasteiger partial charge in [-0.3, -0.25) is 4.55 Å². The summed E-state index contributed by atoms with van der Waals surface area (Å²) >= 11 is 0. The Morgan fingerprint density at radius 2 is 0.844 bits per heavy atom. The van der Waals surface area contributed by atoms with Gasteiger partial charge in [0.2, 0.25) is 0 Å². The van der Waals surface area contributed by atoms with Crippen LogP contribution in [0.4, 0.5) is 0 Å². The summed E-state index contributed by atoms with van der Waals surface area (Å²) < 4.78 is 35.2. The molecule has 2 aliphatic heterocycles. The first-order valence-electron chi connectivity index (χ1n) is 13.6. The molecule has 45 heavy (non-hydrogen) atoms. The topological polar surface area (TPSA) is 163 Å². The predicted octanol–water partition coefficient (Wildman–Crippen LogP) is 6.11. The van der Waals surface area contributed by atoms with Crippen LogP contribution in [0.2, 0.25) is 0 Å². The summed E-state index contributed by atoms with van der Waals surface area (Å²) in [6.45, 7) is 0. The van der Waals surface area contributed by atoms with Gasteiger partial charge in [0.15, 0.2) is 23.3 Å². The van der Waals surface area contributed by atoms with E-state index in [1.807, 2.05) is 72.8 Å². The molecule has 11 nitrogen and oxygen atoms in total. The molecule has 0 aliphatic carbocycles. The molecule has 3 N–H and O–H groups in total. The summed E-state index contributed by atoms with van der Waals surface area (Å²) in [4.78, 5) is 35.4. The van der Waals surface area contributed by atoms with Crippen LogP contribution in [-0.2, 0) is 27.2 Å². The Hall–Kier alpha value is -5.33. The van der Waals surface area contributed by atoms with Gasteiger partial charge in [0, 0.05) is 60.9 Å². The standard InChI is InChI=1S/C32H18N8O3S.Cu/c41-44(42,43)23-15-7-14-22-24(23)32-39-30-21-13-6-5-12-20(21)28(37-30)35-26-17-9-2-1-8-16(17)25(33-26)34-27-18-10-3-4-11-19(18)29(36-27)38-31(22)40-32;/h1-15H,(H,41,42,43)(H2,33,34,35,36,37,38,39,40);. The monoisotopic (exact) mass is 657 g/mol. The van der Waals surface area contributed by atoms with Crippen molar-refractivity contribution in [1.82, 2.24) is 39.9 Å². The molecule has 5 heterocycles. The number of aromatic amines is 2. The third kappa shape index (κ3) is 4.17. The largest absolute Gasteiger partial charge is 0.324 e. The van der Waals surface area contributed by atoms with E-state index in [9.17, 15) is 13.0 Å². The minimum absolute atomic E-state index is 0. The summed E-state index contributed by atoms with van der Waals surface area (Å²) in [6.07, 6.45) is 0. The minimum atomic E-state index is -4.62. The van der Waals surface area contributed by atoms with E-state index in [1.165, 1.54) is 6.07 Å². The van der Waals surface area contributed by atoms with E-state index in [4.69, 9.17) is 29.9 Å². The normalized spacial score (nSPS) is 12.1. The van der Waals surface area contributed by atoms with Gasteiger partial charge in [0.05, 0.1) is 0 Å². The van der Waals surface area contributed by atoms with E-state index in [-0.39, 0.29) is 33.0 Å². The van der Waals surface area contributed by atoms with E-state index < -0.39 is 10.1 Å². The average molecular weight is 658 g/mol. The van der Waals surface area contributed by atoms with Crippen molar-refractivity contribution in [3.63, 3.8) is 0 Å². The van der Waals surface area contributed by atoms with E-state index in [2.05, 4.69) is 9.97 Å². The van der Waals surface area contributed by atoms with Crippen molar-refractivity contribution in [2.75, 3.05) is 0 Å². The molecule has 3 aromatic heterocycles. The second-order valence-electron chi connectivity index (χ2n) is 10.4. The van der Waals surface area contributed by atoms with Crippen molar-refractivity contribution in [2.45, 2.75) is 4.90 Å². The van der Waals surface area contributed by atoms with E-state index in [1.54, 1.807) is 12.1 Å². The van der Waals surface area contributed by atoms with Crippen molar-refractivity contribution in [2.24, 2.45) is 0 Å². The Morgan fingerprint density at radius 3 is 1.31 bits per heavy atom. The molecule has 13 heteroatoms.